The molecular formula is C9H9F3O2S. The molecule has 0 aliphatic carbocycles. The van der Waals surface area contributed by atoms with Gasteiger partial charge in [-0.3, -0.25) is 0 Å². The first-order valence-electron chi connectivity index (χ1n) is 4.14. The van der Waals surface area contributed by atoms with Crippen molar-refractivity contribution in [3.05, 3.63) is 18.2 Å². The number of hydrogen-bond acceptors (Lipinski definition) is 3. The third-order valence-electron chi connectivity index (χ3n) is 1.47. The van der Waals surface area contributed by atoms with Crippen LogP contribution in [0.4, 0.5) is 13.2 Å². The topological polar surface area (TPSA) is 18.5 Å². The Morgan fingerprint density at radius 1 is 1.33 bits per heavy atom. The summed E-state index contributed by atoms with van der Waals surface area (Å²) >= 11 is 3.87. The molecule has 0 bridgehead atoms. The first kappa shape index (κ1) is 12.0. The Kier molecular flexibility index (Phi) is 3.73. The molecule has 2 nitrogen and oxygen atoms in total. The Bertz CT molecular complexity index is 339. The van der Waals surface area contributed by atoms with Crippen LogP contribution >= 0.6 is 12.6 Å². The lowest BCUT2D eigenvalue weighted by Gasteiger charge is -2.11. The monoisotopic (exact) mass is 238 g/mol. The van der Waals surface area contributed by atoms with Gasteiger partial charge in [-0.25, -0.2) is 0 Å². The highest BCUT2D eigenvalue weighted by atomic mass is 32.1. The molecule has 84 valence electrons. The fraction of sp³-hybridized carbons (Fsp3) is 0.333. The maximum absolute atomic E-state index is 11.9. The Morgan fingerprint density at radius 3 is 2.47 bits per heavy atom. The van der Waals surface area contributed by atoms with E-state index in [1.807, 2.05) is 0 Å². The fourth-order valence-electron chi connectivity index (χ4n) is 0.965. The summed E-state index contributed by atoms with van der Waals surface area (Å²) in [5.74, 6) is 0.117. The average Bonchev–Trinajstić information content (AvgIpc) is 2.08. The molecule has 0 aliphatic rings. The van der Waals surface area contributed by atoms with E-state index in [1.165, 1.54) is 18.2 Å². The molecule has 0 atom stereocenters. The van der Waals surface area contributed by atoms with E-state index in [0.29, 0.717) is 12.4 Å². The lowest BCUT2D eigenvalue weighted by molar-refractivity contribution is -0.275. The first-order valence-corrected chi connectivity index (χ1v) is 4.58. The van der Waals surface area contributed by atoms with Crippen LogP contribution in [0.15, 0.2) is 23.1 Å². The third kappa shape index (κ3) is 3.91. The number of halogens is 3. The summed E-state index contributed by atoms with van der Waals surface area (Å²) in [5, 5.41) is 0. The van der Waals surface area contributed by atoms with Gasteiger partial charge in [-0.05, 0) is 25.1 Å². The van der Waals surface area contributed by atoms with E-state index in [9.17, 15) is 13.2 Å². The van der Waals surface area contributed by atoms with Crippen LogP contribution < -0.4 is 9.47 Å². The van der Waals surface area contributed by atoms with Crippen LogP contribution in [0.1, 0.15) is 6.92 Å². The summed E-state index contributed by atoms with van der Waals surface area (Å²) < 4.78 is 44.5. The summed E-state index contributed by atoms with van der Waals surface area (Å²) in [6.45, 7) is 2.21. The quantitative estimate of drug-likeness (QED) is 0.815. The largest absolute Gasteiger partial charge is 0.573 e. The molecule has 0 unspecified atom stereocenters. The van der Waals surface area contributed by atoms with E-state index in [0.717, 1.165) is 0 Å². The third-order valence-corrected chi connectivity index (χ3v) is 1.82. The zero-order valence-electron chi connectivity index (χ0n) is 7.84. The Hall–Kier alpha value is -1.04. The molecule has 0 spiro atoms. The van der Waals surface area contributed by atoms with Crippen LogP contribution in [0.5, 0.6) is 11.5 Å². The van der Waals surface area contributed by atoms with Crippen molar-refractivity contribution in [2.24, 2.45) is 0 Å². The Morgan fingerprint density at radius 2 is 2.00 bits per heavy atom. The summed E-state index contributed by atoms with van der Waals surface area (Å²) in [6, 6.07) is 3.93. The van der Waals surface area contributed by atoms with E-state index >= 15 is 0 Å². The van der Waals surface area contributed by atoms with Crippen LogP contribution in [0.3, 0.4) is 0 Å². The number of thiol groups is 1. The van der Waals surface area contributed by atoms with Crippen LogP contribution in [0.2, 0.25) is 0 Å². The van der Waals surface area contributed by atoms with Crippen LogP contribution in [0.25, 0.3) is 0 Å². The number of ether oxygens (including phenoxy) is 2. The lowest BCUT2D eigenvalue weighted by atomic mass is 10.3. The normalized spacial score (nSPS) is 11.3. The smallest absolute Gasteiger partial charge is 0.494 e. The number of rotatable bonds is 3. The van der Waals surface area contributed by atoms with Crippen LogP contribution in [-0.4, -0.2) is 13.0 Å². The van der Waals surface area contributed by atoms with Gasteiger partial charge >= 0.3 is 6.36 Å². The van der Waals surface area contributed by atoms with Crippen molar-refractivity contribution in [2.75, 3.05) is 6.61 Å². The number of benzene rings is 1. The predicted molar refractivity (Wildman–Crippen MR) is 51.5 cm³/mol. The van der Waals surface area contributed by atoms with E-state index in [-0.39, 0.29) is 10.6 Å². The minimum atomic E-state index is -4.70. The summed E-state index contributed by atoms with van der Waals surface area (Å²) in [5.41, 5.74) is 0. The molecule has 0 aliphatic heterocycles. The van der Waals surface area contributed by atoms with Gasteiger partial charge in [0.25, 0.3) is 0 Å². The molecule has 0 amide bonds. The number of alkyl halides is 3. The van der Waals surface area contributed by atoms with Crippen molar-refractivity contribution in [1.29, 1.82) is 0 Å². The van der Waals surface area contributed by atoms with Gasteiger partial charge < -0.3 is 9.47 Å². The first-order chi connectivity index (χ1) is 6.92. The Balaban J connectivity index is 2.84. The maximum Gasteiger partial charge on any atom is 0.573 e. The molecule has 1 aromatic rings. The molecule has 0 aromatic heterocycles. The maximum atomic E-state index is 11.9. The molecule has 0 radical (unpaired) electrons. The lowest BCUT2D eigenvalue weighted by Crippen LogP contribution is -2.17. The van der Waals surface area contributed by atoms with Gasteiger partial charge in [-0.1, -0.05) is 0 Å². The van der Waals surface area contributed by atoms with Gasteiger partial charge in [-0.2, -0.15) is 0 Å². The van der Waals surface area contributed by atoms with Gasteiger partial charge in [0, 0.05) is 0 Å². The second-order valence-electron chi connectivity index (χ2n) is 2.61. The summed E-state index contributed by atoms with van der Waals surface area (Å²) in [4.78, 5) is 0.0817. The standard InChI is InChI=1S/C9H9F3O2S/c1-2-13-6-3-4-7(8(15)5-6)14-9(10,11)12/h3-5,15H,2H2,1H3. The van der Waals surface area contributed by atoms with Gasteiger partial charge in [0.2, 0.25) is 0 Å². The highest BCUT2D eigenvalue weighted by Crippen LogP contribution is 2.31. The molecule has 6 heteroatoms. The molecular weight excluding hydrogens is 229 g/mol. The van der Waals surface area contributed by atoms with Gasteiger partial charge in [-0.15, -0.1) is 25.8 Å². The van der Waals surface area contributed by atoms with E-state index < -0.39 is 6.36 Å². The highest BCUT2D eigenvalue weighted by molar-refractivity contribution is 7.80. The molecule has 15 heavy (non-hydrogen) atoms. The fourth-order valence-corrected chi connectivity index (χ4v) is 1.21. The molecule has 1 aromatic carbocycles. The molecule has 0 fully saturated rings. The predicted octanol–water partition coefficient (Wildman–Crippen LogP) is 3.27. The van der Waals surface area contributed by atoms with E-state index in [4.69, 9.17) is 4.74 Å². The van der Waals surface area contributed by atoms with E-state index in [1.54, 1.807) is 6.92 Å². The molecule has 1 rings (SSSR count). The van der Waals surface area contributed by atoms with E-state index in [2.05, 4.69) is 17.4 Å². The van der Waals surface area contributed by atoms with Crippen LogP contribution in [-0.2, 0) is 0 Å². The molecule has 0 N–H and O–H groups in total. The van der Waals surface area contributed by atoms with Crippen molar-refractivity contribution >= 4 is 12.6 Å². The van der Waals surface area contributed by atoms with Crippen molar-refractivity contribution in [1.82, 2.24) is 0 Å². The zero-order valence-corrected chi connectivity index (χ0v) is 8.73. The minimum Gasteiger partial charge on any atom is -0.494 e. The van der Waals surface area contributed by atoms with Gasteiger partial charge in [0.1, 0.15) is 11.5 Å². The van der Waals surface area contributed by atoms with Gasteiger partial charge in [0.05, 0.1) is 11.5 Å². The number of hydrogen-bond donors (Lipinski definition) is 1. The second kappa shape index (κ2) is 4.65. The van der Waals surface area contributed by atoms with Crippen LogP contribution in [0, 0.1) is 0 Å². The summed E-state index contributed by atoms with van der Waals surface area (Å²) in [7, 11) is 0. The SMILES string of the molecule is CCOc1ccc(OC(F)(F)F)c(S)c1. The van der Waals surface area contributed by atoms with Crippen molar-refractivity contribution < 1.29 is 22.6 Å². The van der Waals surface area contributed by atoms with Gasteiger partial charge in [0.15, 0.2) is 0 Å². The highest BCUT2D eigenvalue weighted by Gasteiger charge is 2.31. The molecule has 0 saturated carbocycles. The van der Waals surface area contributed by atoms with Crippen molar-refractivity contribution in [2.45, 2.75) is 18.2 Å². The molecule has 0 saturated heterocycles. The van der Waals surface area contributed by atoms with Crippen molar-refractivity contribution in [3.8, 4) is 11.5 Å². The average molecular weight is 238 g/mol. The molecule has 0 heterocycles. The Labute approximate surface area is 90.4 Å². The second-order valence-corrected chi connectivity index (χ2v) is 3.09. The summed E-state index contributed by atoms with van der Waals surface area (Å²) in [6.07, 6.45) is -4.70. The minimum absolute atomic E-state index is 0.0817. The zero-order chi connectivity index (χ0) is 11.5. The van der Waals surface area contributed by atoms with Crippen molar-refractivity contribution in [3.63, 3.8) is 0 Å².